The fourth-order valence-corrected chi connectivity index (χ4v) is 2.07. The zero-order chi connectivity index (χ0) is 12.3. The first-order valence-corrected chi connectivity index (χ1v) is 5.67. The average molecular weight is 240 g/mol. The standard InChI is InChI=1S/C13H14F2O2/c14-13(15)8-17-7-12(16)11-5-4-9-2-1-3-10(9)6-11/h4-6,13H,1-3,7-8H2. The maximum atomic E-state index is 11.8. The lowest BCUT2D eigenvalue weighted by molar-refractivity contribution is 0.0196. The molecule has 17 heavy (non-hydrogen) atoms. The highest BCUT2D eigenvalue weighted by molar-refractivity contribution is 5.97. The van der Waals surface area contributed by atoms with Crippen LogP contribution in [0.1, 0.15) is 27.9 Å². The Kier molecular flexibility index (Phi) is 3.84. The van der Waals surface area contributed by atoms with Crippen LogP contribution in [0, 0.1) is 0 Å². The second-order valence-electron chi connectivity index (χ2n) is 4.17. The SMILES string of the molecule is O=C(COCC(F)F)c1ccc2c(c1)CCC2. The number of carbonyl (C=O) groups is 1. The highest BCUT2D eigenvalue weighted by atomic mass is 19.3. The van der Waals surface area contributed by atoms with Gasteiger partial charge in [-0.1, -0.05) is 12.1 Å². The average Bonchev–Trinajstić information content (AvgIpc) is 2.75. The largest absolute Gasteiger partial charge is 0.367 e. The third kappa shape index (κ3) is 3.09. The number of hydrogen-bond acceptors (Lipinski definition) is 2. The molecule has 2 nitrogen and oxygen atoms in total. The van der Waals surface area contributed by atoms with Gasteiger partial charge in [0, 0.05) is 5.56 Å². The molecule has 92 valence electrons. The molecule has 0 aliphatic heterocycles. The van der Waals surface area contributed by atoms with Crippen molar-refractivity contribution < 1.29 is 18.3 Å². The van der Waals surface area contributed by atoms with Crippen molar-refractivity contribution >= 4 is 5.78 Å². The molecule has 0 fully saturated rings. The van der Waals surface area contributed by atoms with Gasteiger partial charge in [0.1, 0.15) is 13.2 Å². The van der Waals surface area contributed by atoms with Crippen LogP contribution in [0.25, 0.3) is 0 Å². The number of ketones is 1. The van der Waals surface area contributed by atoms with E-state index in [2.05, 4.69) is 4.74 Å². The first kappa shape index (κ1) is 12.2. The molecule has 0 radical (unpaired) electrons. The quantitative estimate of drug-likeness (QED) is 0.739. The van der Waals surface area contributed by atoms with Crippen molar-refractivity contribution in [2.75, 3.05) is 13.2 Å². The van der Waals surface area contributed by atoms with E-state index in [9.17, 15) is 13.6 Å². The van der Waals surface area contributed by atoms with Gasteiger partial charge in [-0.25, -0.2) is 8.78 Å². The number of benzene rings is 1. The van der Waals surface area contributed by atoms with Crippen LogP contribution in [0.5, 0.6) is 0 Å². The lowest BCUT2D eigenvalue weighted by Gasteiger charge is -2.05. The van der Waals surface area contributed by atoms with Crippen LogP contribution < -0.4 is 0 Å². The molecule has 2 rings (SSSR count). The summed E-state index contributed by atoms with van der Waals surface area (Å²) in [5.74, 6) is -0.236. The molecule has 0 spiro atoms. The van der Waals surface area contributed by atoms with Gasteiger partial charge in [0.05, 0.1) is 0 Å². The van der Waals surface area contributed by atoms with Crippen molar-refractivity contribution in [1.29, 1.82) is 0 Å². The van der Waals surface area contributed by atoms with Crippen LogP contribution in [0.2, 0.25) is 0 Å². The Morgan fingerprint density at radius 1 is 1.29 bits per heavy atom. The Bertz CT molecular complexity index is 416. The molecule has 4 heteroatoms. The van der Waals surface area contributed by atoms with Crippen LogP contribution in [0.3, 0.4) is 0 Å². The monoisotopic (exact) mass is 240 g/mol. The normalized spacial score (nSPS) is 14.1. The lowest BCUT2D eigenvalue weighted by atomic mass is 10.0. The third-order valence-corrected chi connectivity index (χ3v) is 2.90. The zero-order valence-corrected chi connectivity index (χ0v) is 9.42. The smallest absolute Gasteiger partial charge is 0.261 e. The number of aryl methyl sites for hydroxylation is 2. The summed E-state index contributed by atoms with van der Waals surface area (Å²) in [7, 11) is 0. The molecule has 0 aromatic heterocycles. The minimum Gasteiger partial charge on any atom is -0.367 e. The number of halogens is 2. The van der Waals surface area contributed by atoms with Crippen molar-refractivity contribution in [3.63, 3.8) is 0 Å². The van der Waals surface area contributed by atoms with Crippen LogP contribution in [-0.4, -0.2) is 25.4 Å². The lowest BCUT2D eigenvalue weighted by Crippen LogP contribution is -2.13. The Balaban J connectivity index is 1.95. The van der Waals surface area contributed by atoms with Crippen LogP contribution in [0.15, 0.2) is 18.2 Å². The van der Waals surface area contributed by atoms with E-state index in [1.807, 2.05) is 12.1 Å². The van der Waals surface area contributed by atoms with Gasteiger partial charge in [0.2, 0.25) is 0 Å². The van der Waals surface area contributed by atoms with E-state index in [-0.39, 0.29) is 12.4 Å². The predicted octanol–water partition coefficient (Wildman–Crippen LogP) is 2.64. The summed E-state index contributed by atoms with van der Waals surface area (Å²) in [4.78, 5) is 11.7. The van der Waals surface area contributed by atoms with Gasteiger partial charge >= 0.3 is 0 Å². The maximum Gasteiger partial charge on any atom is 0.261 e. The molecule has 0 atom stereocenters. The minimum absolute atomic E-state index is 0.236. The molecule has 1 aromatic rings. The number of hydrogen-bond donors (Lipinski definition) is 0. The number of carbonyl (C=O) groups excluding carboxylic acids is 1. The number of ether oxygens (including phenoxy) is 1. The first-order valence-electron chi connectivity index (χ1n) is 5.67. The van der Waals surface area contributed by atoms with Gasteiger partial charge in [-0.3, -0.25) is 4.79 Å². The number of Topliss-reactive ketones (excluding diaryl/α,β-unsaturated/α-hetero) is 1. The predicted molar refractivity (Wildman–Crippen MR) is 59.6 cm³/mol. The topological polar surface area (TPSA) is 26.3 Å². The van der Waals surface area contributed by atoms with Crippen molar-refractivity contribution in [3.8, 4) is 0 Å². The van der Waals surface area contributed by atoms with Crippen LogP contribution >= 0.6 is 0 Å². The molecule has 0 saturated heterocycles. The molecule has 0 bridgehead atoms. The maximum absolute atomic E-state index is 11.8. The molecule has 0 saturated carbocycles. The fraction of sp³-hybridized carbons (Fsp3) is 0.462. The van der Waals surface area contributed by atoms with Gasteiger partial charge in [-0.2, -0.15) is 0 Å². The highest BCUT2D eigenvalue weighted by Crippen LogP contribution is 2.22. The molecular formula is C13H14F2O2. The van der Waals surface area contributed by atoms with Crippen LogP contribution in [-0.2, 0) is 17.6 Å². The van der Waals surface area contributed by atoms with Gasteiger partial charge in [-0.15, -0.1) is 0 Å². The Labute approximate surface area is 98.6 Å². The van der Waals surface area contributed by atoms with E-state index in [1.165, 1.54) is 11.1 Å². The van der Waals surface area contributed by atoms with E-state index >= 15 is 0 Å². The summed E-state index contributed by atoms with van der Waals surface area (Å²) in [5, 5.41) is 0. The van der Waals surface area contributed by atoms with E-state index in [0.717, 1.165) is 19.3 Å². The van der Waals surface area contributed by atoms with E-state index in [0.29, 0.717) is 5.56 Å². The van der Waals surface area contributed by atoms with Crippen molar-refractivity contribution in [2.45, 2.75) is 25.7 Å². The summed E-state index contributed by atoms with van der Waals surface area (Å²) in [5.41, 5.74) is 3.04. The second-order valence-corrected chi connectivity index (χ2v) is 4.17. The van der Waals surface area contributed by atoms with E-state index < -0.39 is 13.0 Å². The Hall–Kier alpha value is -1.29. The minimum atomic E-state index is -2.53. The van der Waals surface area contributed by atoms with Gasteiger partial charge < -0.3 is 4.74 Å². The molecule has 0 unspecified atom stereocenters. The van der Waals surface area contributed by atoms with Gasteiger partial charge in [0.15, 0.2) is 5.78 Å². The molecule has 1 aliphatic carbocycles. The van der Waals surface area contributed by atoms with Crippen molar-refractivity contribution in [3.05, 3.63) is 34.9 Å². The highest BCUT2D eigenvalue weighted by Gasteiger charge is 2.14. The molecule has 1 aliphatic rings. The molecular weight excluding hydrogens is 226 g/mol. The Morgan fingerprint density at radius 2 is 2.06 bits per heavy atom. The first-order chi connectivity index (χ1) is 8.16. The van der Waals surface area contributed by atoms with Gasteiger partial charge in [0.25, 0.3) is 6.43 Å². The molecule has 0 heterocycles. The fourth-order valence-electron chi connectivity index (χ4n) is 2.07. The third-order valence-electron chi connectivity index (χ3n) is 2.90. The number of rotatable bonds is 5. The van der Waals surface area contributed by atoms with E-state index in [1.54, 1.807) is 6.07 Å². The van der Waals surface area contributed by atoms with E-state index in [4.69, 9.17) is 0 Å². The number of alkyl halides is 2. The summed E-state index contributed by atoms with van der Waals surface area (Å²) >= 11 is 0. The van der Waals surface area contributed by atoms with Crippen LogP contribution in [0.4, 0.5) is 8.78 Å². The van der Waals surface area contributed by atoms with Crippen molar-refractivity contribution in [2.24, 2.45) is 0 Å². The summed E-state index contributed by atoms with van der Waals surface area (Å²) in [6, 6.07) is 5.55. The van der Waals surface area contributed by atoms with Crippen molar-refractivity contribution in [1.82, 2.24) is 0 Å². The summed E-state index contributed by atoms with van der Waals surface area (Å²) in [6.45, 7) is -0.959. The number of fused-ring (bicyclic) bond motifs is 1. The Morgan fingerprint density at radius 3 is 2.82 bits per heavy atom. The molecule has 0 N–H and O–H groups in total. The molecule has 1 aromatic carbocycles. The summed E-state index contributed by atoms with van der Waals surface area (Å²) < 4.78 is 28.3. The zero-order valence-electron chi connectivity index (χ0n) is 9.42. The van der Waals surface area contributed by atoms with Gasteiger partial charge in [-0.05, 0) is 36.5 Å². The summed E-state index contributed by atoms with van der Waals surface area (Å²) in [6.07, 6.45) is 0.650. The molecule has 0 amide bonds. The second kappa shape index (κ2) is 5.36.